The molecule has 1 N–H and O–H groups in total. The van der Waals surface area contributed by atoms with Gasteiger partial charge in [-0.3, -0.25) is 4.98 Å². The Hall–Kier alpha value is -0.890. The molecule has 1 aromatic heterocycles. The molecule has 116 valence electrons. The first kappa shape index (κ1) is 15.0. The second-order valence-corrected chi connectivity index (χ2v) is 7.14. The fourth-order valence-corrected chi connectivity index (χ4v) is 4.46. The lowest BCUT2D eigenvalue weighted by Gasteiger charge is -2.39. The van der Waals surface area contributed by atoms with Gasteiger partial charge in [0.15, 0.2) is 0 Å². The molecule has 0 spiro atoms. The van der Waals surface area contributed by atoms with Gasteiger partial charge >= 0.3 is 0 Å². The summed E-state index contributed by atoms with van der Waals surface area (Å²) in [6.45, 7) is 3.19. The van der Waals surface area contributed by atoms with Crippen molar-refractivity contribution >= 4 is 0 Å². The van der Waals surface area contributed by atoms with Gasteiger partial charge in [-0.25, -0.2) is 0 Å². The van der Waals surface area contributed by atoms with Crippen LogP contribution in [0.5, 0.6) is 0 Å². The van der Waals surface area contributed by atoms with Crippen molar-refractivity contribution < 1.29 is 0 Å². The van der Waals surface area contributed by atoms with Gasteiger partial charge in [-0.1, -0.05) is 44.9 Å². The summed E-state index contributed by atoms with van der Waals surface area (Å²) in [6, 6.07) is 2.86. The molecule has 1 aromatic rings. The Kier molecular flexibility index (Phi) is 5.29. The molecule has 3 rings (SSSR count). The van der Waals surface area contributed by atoms with Gasteiger partial charge in [0.1, 0.15) is 0 Å². The Balaban J connectivity index is 1.60. The molecule has 2 aliphatic rings. The summed E-state index contributed by atoms with van der Waals surface area (Å²) in [5, 5.41) is 3.89. The third-order valence-electron chi connectivity index (χ3n) is 5.78. The second-order valence-electron chi connectivity index (χ2n) is 7.14. The quantitative estimate of drug-likeness (QED) is 0.873. The summed E-state index contributed by atoms with van der Waals surface area (Å²) < 4.78 is 0. The van der Waals surface area contributed by atoms with Gasteiger partial charge in [0.25, 0.3) is 0 Å². The van der Waals surface area contributed by atoms with Crippen molar-refractivity contribution in [1.82, 2.24) is 10.3 Å². The van der Waals surface area contributed by atoms with Crippen LogP contribution in [0.2, 0.25) is 0 Å². The molecule has 0 aliphatic heterocycles. The highest BCUT2D eigenvalue weighted by Gasteiger charge is 2.32. The first-order valence-electron chi connectivity index (χ1n) is 8.97. The predicted molar refractivity (Wildman–Crippen MR) is 88.1 cm³/mol. The van der Waals surface area contributed by atoms with Gasteiger partial charge in [-0.15, -0.1) is 0 Å². The van der Waals surface area contributed by atoms with E-state index in [0.29, 0.717) is 0 Å². The largest absolute Gasteiger partial charge is 0.310 e. The number of aryl methyl sites for hydroxylation is 1. The van der Waals surface area contributed by atoms with Crippen molar-refractivity contribution in [2.24, 2.45) is 11.8 Å². The number of hydrogen-bond acceptors (Lipinski definition) is 2. The van der Waals surface area contributed by atoms with Crippen LogP contribution in [0.25, 0.3) is 0 Å². The Morgan fingerprint density at radius 3 is 2.62 bits per heavy atom. The topological polar surface area (TPSA) is 24.9 Å². The van der Waals surface area contributed by atoms with Crippen LogP contribution >= 0.6 is 0 Å². The van der Waals surface area contributed by atoms with Crippen molar-refractivity contribution in [1.29, 1.82) is 0 Å². The van der Waals surface area contributed by atoms with Crippen LogP contribution in [-0.2, 0) is 6.54 Å². The number of rotatable bonds is 4. The zero-order valence-electron chi connectivity index (χ0n) is 13.5. The number of nitrogens with one attached hydrogen (secondary N) is 1. The van der Waals surface area contributed by atoms with Crippen LogP contribution in [0.3, 0.4) is 0 Å². The maximum atomic E-state index is 4.28. The molecule has 0 bridgehead atoms. The lowest BCUT2D eigenvalue weighted by atomic mass is 9.71. The summed E-state index contributed by atoms with van der Waals surface area (Å²) in [5.41, 5.74) is 2.73. The predicted octanol–water partition coefficient (Wildman–Crippen LogP) is 4.62. The minimum atomic E-state index is 0.737. The minimum absolute atomic E-state index is 0.737. The third-order valence-corrected chi connectivity index (χ3v) is 5.78. The summed E-state index contributed by atoms with van der Waals surface area (Å²) in [5.74, 6) is 1.92. The van der Waals surface area contributed by atoms with E-state index in [1.54, 1.807) is 0 Å². The highest BCUT2D eigenvalue weighted by Crippen LogP contribution is 2.38. The molecule has 2 heteroatoms. The van der Waals surface area contributed by atoms with Gasteiger partial charge in [0, 0.05) is 25.0 Å². The van der Waals surface area contributed by atoms with E-state index < -0.39 is 0 Å². The summed E-state index contributed by atoms with van der Waals surface area (Å²) in [6.07, 6.45) is 17.0. The van der Waals surface area contributed by atoms with Crippen molar-refractivity contribution in [2.45, 2.75) is 77.3 Å². The van der Waals surface area contributed by atoms with Gasteiger partial charge in [-0.05, 0) is 48.8 Å². The molecular weight excluding hydrogens is 256 g/mol. The van der Waals surface area contributed by atoms with E-state index >= 15 is 0 Å². The molecule has 0 aromatic carbocycles. The summed E-state index contributed by atoms with van der Waals surface area (Å²) >= 11 is 0. The molecule has 21 heavy (non-hydrogen) atoms. The third kappa shape index (κ3) is 3.85. The van der Waals surface area contributed by atoms with Gasteiger partial charge in [0.2, 0.25) is 0 Å². The highest BCUT2D eigenvalue weighted by molar-refractivity contribution is 5.21. The molecule has 2 saturated carbocycles. The minimum Gasteiger partial charge on any atom is -0.310 e. The van der Waals surface area contributed by atoms with E-state index in [2.05, 4.69) is 23.3 Å². The smallest absolute Gasteiger partial charge is 0.0315 e. The van der Waals surface area contributed by atoms with E-state index in [-0.39, 0.29) is 0 Å². The van der Waals surface area contributed by atoms with Crippen LogP contribution < -0.4 is 5.32 Å². The first-order chi connectivity index (χ1) is 10.3. The van der Waals surface area contributed by atoms with E-state index in [0.717, 1.165) is 24.4 Å². The normalized spacial score (nSPS) is 27.7. The second kappa shape index (κ2) is 7.40. The van der Waals surface area contributed by atoms with Crippen molar-refractivity contribution in [3.05, 3.63) is 29.6 Å². The fraction of sp³-hybridized carbons (Fsp3) is 0.737. The average molecular weight is 286 g/mol. The van der Waals surface area contributed by atoms with E-state index in [1.807, 2.05) is 12.4 Å². The van der Waals surface area contributed by atoms with Crippen molar-refractivity contribution in [2.75, 3.05) is 0 Å². The molecule has 2 fully saturated rings. The molecule has 2 unspecified atom stereocenters. The van der Waals surface area contributed by atoms with E-state index in [9.17, 15) is 0 Å². The number of pyridine rings is 1. The zero-order valence-corrected chi connectivity index (χ0v) is 13.5. The molecule has 2 nitrogen and oxygen atoms in total. The molecule has 1 heterocycles. The van der Waals surface area contributed by atoms with Crippen LogP contribution in [0, 0.1) is 18.8 Å². The monoisotopic (exact) mass is 286 g/mol. The molecule has 0 amide bonds. The Morgan fingerprint density at radius 1 is 1.05 bits per heavy atom. The van der Waals surface area contributed by atoms with E-state index in [1.165, 1.54) is 68.9 Å². The summed E-state index contributed by atoms with van der Waals surface area (Å²) in [4.78, 5) is 4.28. The van der Waals surface area contributed by atoms with Crippen LogP contribution in [-0.4, -0.2) is 11.0 Å². The van der Waals surface area contributed by atoms with Crippen LogP contribution in [0.1, 0.15) is 68.9 Å². The van der Waals surface area contributed by atoms with E-state index in [4.69, 9.17) is 0 Å². The first-order valence-corrected chi connectivity index (χ1v) is 8.97. The lowest BCUT2D eigenvalue weighted by Crippen LogP contribution is -2.42. The Labute approximate surface area is 129 Å². The highest BCUT2D eigenvalue weighted by atomic mass is 14.9. The average Bonchev–Trinajstić information content (AvgIpc) is 2.55. The Morgan fingerprint density at radius 2 is 1.81 bits per heavy atom. The fourth-order valence-electron chi connectivity index (χ4n) is 4.46. The standard InChI is InChI=1S/C19H30N2/c1-15-11-12-20-13-17(15)14-21-19-10-6-5-9-18(19)16-7-3-2-4-8-16/h11-13,16,18-19,21H,2-10,14H2,1H3. The zero-order chi connectivity index (χ0) is 14.5. The van der Waals surface area contributed by atoms with Crippen LogP contribution in [0.4, 0.5) is 0 Å². The van der Waals surface area contributed by atoms with Crippen molar-refractivity contribution in [3.63, 3.8) is 0 Å². The SMILES string of the molecule is Cc1ccncc1CNC1CCCCC1C1CCCCC1. The van der Waals surface area contributed by atoms with Crippen LogP contribution in [0.15, 0.2) is 18.5 Å². The molecule has 0 saturated heterocycles. The number of aromatic nitrogens is 1. The maximum Gasteiger partial charge on any atom is 0.0315 e. The summed E-state index contributed by atoms with van der Waals surface area (Å²) in [7, 11) is 0. The van der Waals surface area contributed by atoms with Gasteiger partial charge < -0.3 is 5.32 Å². The molecule has 2 aliphatic carbocycles. The molecule has 2 atom stereocenters. The van der Waals surface area contributed by atoms with Gasteiger partial charge in [-0.2, -0.15) is 0 Å². The van der Waals surface area contributed by atoms with Crippen molar-refractivity contribution in [3.8, 4) is 0 Å². The maximum absolute atomic E-state index is 4.28. The Bertz CT molecular complexity index is 437. The lowest BCUT2D eigenvalue weighted by molar-refractivity contribution is 0.149. The molecule has 0 radical (unpaired) electrons. The molecular formula is C19H30N2. The number of nitrogens with zero attached hydrogens (tertiary/aromatic N) is 1. The van der Waals surface area contributed by atoms with Gasteiger partial charge in [0.05, 0.1) is 0 Å². The number of hydrogen-bond donors (Lipinski definition) is 1.